The highest BCUT2D eigenvalue weighted by atomic mass is 79.9. The van der Waals surface area contributed by atoms with Crippen molar-refractivity contribution in [2.24, 2.45) is 0 Å². The van der Waals surface area contributed by atoms with Crippen LogP contribution in [0.4, 0.5) is 0 Å². The molecule has 2 rings (SSSR count). The van der Waals surface area contributed by atoms with E-state index in [2.05, 4.69) is 31.8 Å². The smallest absolute Gasteiger partial charge is 0.286 e. The van der Waals surface area contributed by atoms with Crippen molar-refractivity contribution in [1.82, 2.24) is 15.8 Å². The van der Waals surface area contributed by atoms with Gasteiger partial charge in [0, 0.05) is 16.2 Å². The van der Waals surface area contributed by atoms with E-state index in [0.29, 0.717) is 17.9 Å². The molecule has 1 aromatic heterocycles. The Morgan fingerprint density at radius 2 is 1.83 bits per heavy atom. The van der Waals surface area contributed by atoms with Crippen LogP contribution in [0, 0.1) is 0 Å². The largest absolute Gasteiger partial charge is 0.374 e. The third-order valence-corrected chi connectivity index (χ3v) is 3.44. The molecule has 0 unspecified atom stereocenters. The van der Waals surface area contributed by atoms with Crippen molar-refractivity contribution in [3.8, 4) is 0 Å². The Bertz CT molecular complexity index is 680. The Morgan fingerprint density at radius 3 is 2.39 bits per heavy atom. The molecule has 23 heavy (non-hydrogen) atoms. The number of hydrogen-bond donors (Lipinski definition) is 3. The summed E-state index contributed by atoms with van der Waals surface area (Å²) in [5.74, 6) is -0.814. The number of ether oxygens (including phenoxy) is 1. The third kappa shape index (κ3) is 5.22. The average molecular weight is 380 g/mol. The Balaban J connectivity index is 1.87. The summed E-state index contributed by atoms with van der Waals surface area (Å²) in [6, 6.07) is 8.63. The normalized spacial score (nSPS) is 10.6. The van der Waals surface area contributed by atoms with Gasteiger partial charge in [0.2, 0.25) is 0 Å². The van der Waals surface area contributed by atoms with Crippen molar-refractivity contribution in [3.05, 3.63) is 57.8 Å². The lowest BCUT2D eigenvalue weighted by atomic mass is 10.1. The first kappa shape index (κ1) is 17.2. The van der Waals surface area contributed by atoms with Gasteiger partial charge >= 0.3 is 0 Å². The number of halogens is 1. The van der Waals surface area contributed by atoms with E-state index in [9.17, 15) is 9.59 Å². The zero-order valence-corrected chi connectivity index (χ0v) is 14.4. The van der Waals surface area contributed by atoms with Crippen LogP contribution in [0.15, 0.2) is 41.0 Å². The Morgan fingerprint density at radius 1 is 1.17 bits per heavy atom. The van der Waals surface area contributed by atoms with Crippen LogP contribution >= 0.6 is 15.9 Å². The van der Waals surface area contributed by atoms with E-state index in [1.807, 2.05) is 26.0 Å². The summed E-state index contributed by atoms with van der Waals surface area (Å²) >= 11 is 3.24. The molecule has 0 aliphatic carbocycles. The summed E-state index contributed by atoms with van der Waals surface area (Å²) in [5, 5.41) is 0. The topological polar surface area (TPSA) is 83.2 Å². The molecule has 2 amide bonds. The van der Waals surface area contributed by atoms with Gasteiger partial charge in [-0.25, -0.2) is 0 Å². The van der Waals surface area contributed by atoms with Crippen molar-refractivity contribution < 1.29 is 14.3 Å². The number of rotatable bonds is 5. The van der Waals surface area contributed by atoms with Crippen LogP contribution in [0.3, 0.4) is 0 Å². The fourth-order valence-corrected chi connectivity index (χ4v) is 2.11. The molecule has 122 valence electrons. The number of hydrogen-bond acceptors (Lipinski definition) is 3. The predicted molar refractivity (Wildman–Crippen MR) is 89.8 cm³/mol. The van der Waals surface area contributed by atoms with Crippen molar-refractivity contribution in [2.75, 3.05) is 0 Å². The van der Waals surface area contributed by atoms with E-state index in [1.54, 1.807) is 24.4 Å². The summed E-state index contributed by atoms with van der Waals surface area (Å²) in [5.41, 5.74) is 6.50. The molecule has 0 aliphatic heterocycles. The average Bonchev–Trinajstić information content (AvgIpc) is 2.97. The van der Waals surface area contributed by atoms with E-state index in [-0.39, 0.29) is 12.0 Å². The van der Waals surface area contributed by atoms with Gasteiger partial charge in [-0.2, -0.15) is 0 Å². The summed E-state index contributed by atoms with van der Waals surface area (Å²) in [6.45, 7) is 4.43. The van der Waals surface area contributed by atoms with Crippen LogP contribution in [0.25, 0.3) is 0 Å². The highest BCUT2D eigenvalue weighted by Crippen LogP contribution is 2.10. The molecule has 0 fully saturated rings. The Hall–Kier alpha value is -2.12. The minimum atomic E-state index is -0.425. The molecule has 0 saturated heterocycles. The summed E-state index contributed by atoms with van der Waals surface area (Å²) in [4.78, 5) is 26.6. The van der Waals surface area contributed by atoms with Crippen molar-refractivity contribution in [3.63, 3.8) is 0 Å². The predicted octanol–water partition coefficient (Wildman–Crippen LogP) is 2.78. The molecule has 0 spiro atoms. The van der Waals surface area contributed by atoms with Gasteiger partial charge in [0.15, 0.2) is 0 Å². The molecular formula is C16H18BrN3O3. The number of nitrogens with one attached hydrogen (secondary N) is 3. The molecule has 3 N–H and O–H groups in total. The Kier molecular flexibility index (Phi) is 5.95. The van der Waals surface area contributed by atoms with Crippen molar-refractivity contribution in [1.29, 1.82) is 0 Å². The van der Waals surface area contributed by atoms with E-state index < -0.39 is 5.91 Å². The van der Waals surface area contributed by atoms with Crippen LogP contribution in [-0.4, -0.2) is 22.9 Å². The van der Waals surface area contributed by atoms with Gasteiger partial charge in [0.25, 0.3) is 11.8 Å². The summed E-state index contributed by atoms with van der Waals surface area (Å²) in [7, 11) is 0. The van der Waals surface area contributed by atoms with E-state index >= 15 is 0 Å². The number of aromatic nitrogens is 1. The fraction of sp³-hybridized carbons (Fsp3) is 0.250. The standard InChI is InChI=1S/C16H18BrN3O3/c1-10(2)23-9-11-3-5-12(6-4-11)15(21)19-20-16(22)14-7-13(17)8-18-14/h3-8,10,18H,9H2,1-2H3,(H,19,21)(H,20,22). The Labute approximate surface area is 142 Å². The second-order valence-corrected chi connectivity index (χ2v) is 6.11. The first-order valence-electron chi connectivity index (χ1n) is 7.11. The van der Waals surface area contributed by atoms with Gasteiger partial charge in [-0.3, -0.25) is 20.4 Å². The van der Waals surface area contributed by atoms with E-state index in [1.165, 1.54) is 0 Å². The second kappa shape index (κ2) is 7.94. The zero-order valence-electron chi connectivity index (χ0n) is 12.9. The first-order valence-corrected chi connectivity index (χ1v) is 7.90. The lowest BCUT2D eigenvalue weighted by Crippen LogP contribution is -2.41. The lowest BCUT2D eigenvalue weighted by Gasteiger charge is -2.09. The maximum absolute atomic E-state index is 12.0. The molecule has 1 heterocycles. The van der Waals surface area contributed by atoms with E-state index in [0.717, 1.165) is 10.0 Å². The van der Waals surface area contributed by atoms with Gasteiger partial charge < -0.3 is 9.72 Å². The number of carbonyl (C=O) groups excluding carboxylic acids is 2. The second-order valence-electron chi connectivity index (χ2n) is 5.20. The zero-order chi connectivity index (χ0) is 16.8. The lowest BCUT2D eigenvalue weighted by molar-refractivity contribution is 0.0656. The first-order chi connectivity index (χ1) is 11.0. The highest BCUT2D eigenvalue weighted by molar-refractivity contribution is 9.10. The van der Waals surface area contributed by atoms with Gasteiger partial charge in [-0.1, -0.05) is 12.1 Å². The molecule has 6 nitrogen and oxygen atoms in total. The maximum Gasteiger partial charge on any atom is 0.286 e. The number of benzene rings is 1. The van der Waals surface area contributed by atoms with Gasteiger partial charge in [0.1, 0.15) is 5.69 Å². The van der Waals surface area contributed by atoms with Crippen molar-refractivity contribution in [2.45, 2.75) is 26.6 Å². The van der Waals surface area contributed by atoms with Gasteiger partial charge in [0.05, 0.1) is 12.7 Å². The third-order valence-electron chi connectivity index (χ3n) is 2.98. The van der Waals surface area contributed by atoms with Gasteiger partial charge in [-0.05, 0) is 53.5 Å². The summed E-state index contributed by atoms with van der Waals surface area (Å²) < 4.78 is 6.25. The van der Waals surface area contributed by atoms with Crippen LogP contribution in [0.1, 0.15) is 40.3 Å². The number of H-pyrrole nitrogens is 1. The summed E-state index contributed by atoms with van der Waals surface area (Å²) in [6.07, 6.45) is 1.79. The van der Waals surface area contributed by atoms with Crippen LogP contribution < -0.4 is 10.9 Å². The quantitative estimate of drug-likeness (QED) is 0.698. The van der Waals surface area contributed by atoms with Crippen LogP contribution in [-0.2, 0) is 11.3 Å². The maximum atomic E-state index is 12.0. The highest BCUT2D eigenvalue weighted by Gasteiger charge is 2.10. The number of aromatic amines is 1. The molecule has 0 saturated carbocycles. The molecule has 0 radical (unpaired) electrons. The molecule has 1 aromatic carbocycles. The number of amides is 2. The monoisotopic (exact) mass is 379 g/mol. The minimum absolute atomic E-state index is 0.154. The van der Waals surface area contributed by atoms with E-state index in [4.69, 9.17) is 4.74 Å². The molecule has 0 aliphatic rings. The SMILES string of the molecule is CC(C)OCc1ccc(C(=O)NNC(=O)c2cc(Br)c[nH]2)cc1. The van der Waals surface area contributed by atoms with Crippen LogP contribution in [0.2, 0.25) is 0 Å². The van der Waals surface area contributed by atoms with Crippen molar-refractivity contribution >= 4 is 27.7 Å². The minimum Gasteiger partial charge on any atom is -0.374 e. The fourth-order valence-electron chi connectivity index (χ4n) is 1.77. The van der Waals surface area contributed by atoms with Gasteiger partial charge in [-0.15, -0.1) is 0 Å². The van der Waals surface area contributed by atoms with Crippen LogP contribution in [0.5, 0.6) is 0 Å². The number of hydrazine groups is 1. The molecule has 7 heteroatoms. The molecule has 0 bridgehead atoms. The molecule has 0 atom stereocenters. The molecule has 2 aromatic rings. The number of carbonyl (C=O) groups is 2. The molecular weight excluding hydrogens is 362 g/mol.